The number of carbonyl (C=O) groups is 3. The lowest BCUT2D eigenvalue weighted by molar-refractivity contribution is -0.134. The first-order chi connectivity index (χ1) is 35.0. The van der Waals surface area contributed by atoms with Crippen LogP contribution in [0.15, 0.2) is 102 Å². The van der Waals surface area contributed by atoms with Crippen LogP contribution in [0.1, 0.15) is 56.7 Å². The van der Waals surface area contributed by atoms with E-state index in [0.717, 1.165) is 107 Å². The molecule has 4 amide bonds. The highest BCUT2D eigenvalue weighted by molar-refractivity contribution is 6.07. The third kappa shape index (κ3) is 8.22. The highest BCUT2D eigenvalue weighted by atomic mass is 16.5. The highest BCUT2D eigenvalue weighted by Crippen LogP contribution is 2.41. The Bertz CT molecular complexity index is 3270. The van der Waals surface area contributed by atoms with Crippen molar-refractivity contribution < 1.29 is 19.1 Å². The first-order valence-electron chi connectivity index (χ1n) is 25.0. The number of nitrogens with zero attached hydrogens (tertiary/aromatic N) is 12. The lowest BCUT2D eigenvalue weighted by atomic mass is 9.90. The predicted octanol–water partition coefficient (Wildman–Crippen LogP) is 6.30. The number of ether oxygens (including phenoxy) is 1. The van der Waals surface area contributed by atoms with Crippen molar-refractivity contribution in [3.05, 3.63) is 119 Å². The smallest absolute Gasteiger partial charge is 0.353 e. The summed E-state index contributed by atoms with van der Waals surface area (Å²) in [5.74, 6) is -0.295. The summed E-state index contributed by atoms with van der Waals surface area (Å²) in [5.41, 5.74) is 9.82. The number of aryl methyl sites for hydroxylation is 2. The van der Waals surface area contributed by atoms with E-state index >= 15 is 0 Å². The van der Waals surface area contributed by atoms with Crippen LogP contribution in [0.3, 0.4) is 0 Å². The number of piperidine rings is 2. The molecule has 0 aliphatic carbocycles. The van der Waals surface area contributed by atoms with Gasteiger partial charge in [0, 0.05) is 107 Å². The van der Waals surface area contributed by atoms with Crippen LogP contribution in [-0.4, -0.2) is 122 Å². The lowest BCUT2D eigenvalue weighted by Crippen LogP contribution is -2.57. The Balaban J connectivity index is 0.824. The van der Waals surface area contributed by atoms with E-state index in [1.807, 2.05) is 54.2 Å². The largest absolute Gasteiger partial charge is 0.467 e. The Labute approximate surface area is 417 Å². The molecule has 1 N–H and O–H groups in total. The van der Waals surface area contributed by atoms with E-state index in [4.69, 9.17) is 14.8 Å². The molecule has 2 atom stereocenters. The molecule has 72 heavy (non-hydrogen) atoms. The number of rotatable bonds is 11. The number of hydrogen-bond acceptors (Lipinski definition) is 12. The van der Waals surface area contributed by atoms with Crippen LogP contribution in [0.5, 0.6) is 6.01 Å². The molecule has 18 nitrogen and oxygen atoms in total. The van der Waals surface area contributed by atoms with Crippen LogP contribution in [-0.2, 0) is 30.1 Å². The maximum Gasteiger partial charge on any atom is 0.353 e. The molecule has 1 unspecified atom stereocenters. The van der Waals surface area contributed by atoms with Crippen molar-refractivity contribution in [3.63, 3.8) is 0 Å². The number of carbonyl (C=O) groups excluding carboxylic acids is 3. The third-order valence-electron chi connectivity index (χ3n) is 15.2. The quantitative estimate of drug-likeness (QED) is 0.144. The van der Waals surface area contributed by atoms with Crippen molar-refractivity contribution >= 4 is 51.6 Å². The molecule has 3 aromatic carbocycles. The van der Waals surface area contributed by atoms with Crippen molar-refractivity contribution in [1.82, 2.24) is 44.3 Å². The molecule has 0 saturated carbocycles. The van der Waals surface area contributed by atoms with E-state index in [-0.39, 0.29) is 35.6 Å². The normalized spacial score (nSPS) is 19.2. The molecule has 0 spiro atoms. The second-order valence-corrected chi connectivity index (χ2v) is 19.3. The van der Waals surface area contributed by atoms with Gasteiger partial charge in [-0.3, -0.25) is 39.3 Å². The van der Waals surface area contributed by atoms with Gasteiger partial charge in [-0.2, -0.15) is 5.10 Å². The fraction of sp³-hybridized carbons (Fsp3) is 0.370. The maximum atomic E-state index is 14.0. The number of anilines is 4. The number of fused-ring (bicyclic) bond motifs is 1. The maximum absolute atomic E-state index is 14.0. The zero-order chi connectivity index (χ0) is 49.8. The second-order valence-electron chi connectivity index (χ2n) is 19.3. The lowest BCUT2D eigenvalue weighted by Gasteiger charge is -2.46. The first-order valence-corrected chi connectivity index (χ1v) is 25.0. The van der Waals surface area contributed by atoms with Crippen molar-refractivity contribution in [3.8, 4) is 34.0 Å². The van der Waals surface area contributed by atoms with Gasteiger partial charge in [0.25, 0.3) is 0 Å². The number of pyridine rings is 2. The molecule has 4 aliphatic rings. The van der Waals surface area contributed by atoms with Gasteiger partial charge in [0.2, 0.25) is 11.8 Å². The van der Waals surface area contributed by atoms with Gasteiger partial charge in [-0.1, -0.05) is 37.3 Å². The zero-order valence-corrected chi connectivity index (χ0v) is 41.4. The minimum atomic E-state index is -0.436. The van der Waals surface area contributed by atoms with Gasteiger partial charge in [-0.05, 0) is 103 Å². The Morgan fingerprint density at radius 1 is 0.750 bits per heavy atom. The van der Waals surface area contributed by atoms with E-state index in [9.17, 15) is 19.2 Å². The monoisotopic (exact) mass is 969 g/mol. The molecule has 11 rings (SSSR count). The summed E-state index contributed by atoms with van der Waals surface area (Å²) in [4.78, 5) is 72.3. The average Bonchev–Trinajstić information content (AvgIpc) is 4.06. The number of para-hydroxylation sites is 1. The zero-order valence-electron chi connectivity index (χ0n) is 41.4. The number of aromatic nitrogens is 7. The van der Waals surface area contributed by atoms with Crippen LogP contribution in [0.4, 0.5) is 27.7 Å². The van der Waals surface area contributed by atoms with Crippen molar-refractivity contribution in [1.29, 1.82) is 0 Å². The van der Waals surface area contributed by atoms with Gasteiger partial charge < -0.3 is 14.5 Å². The van der Waals surface area contributed by atoms with Crippen LogP contribution in [0.2, 0.25) is 0 Å². The topological polar surface area (TPSA) is 172 Å². The summed E-state index contributed by atoms with van der Waals surface area (Å²) in [7, 11) is 5.06. The summed E-state index contributed by atoms with van der Waals surface area (Å²) in [6.07, 6.45) is 8.69. The number of urea groups is 1. The highest BCUT2D eigenvalue weighted by Gasteiger charge is 2.36. The van der Waals surface area contributed by atoms with E-state index in [2.05, 4.69) is 80.3 Å². The van der Waals surface area contributed by atoms with Gasteiger partial charge in [-0.15, -0.1) is 5.10 Å². The third-order valence-corrected chi connectivity index (χ3v) is 15.2. The van der Waals surface area contributed by atoms with Crippen LogP contribution >= 0.6 is 0 Å². The fourth-order valence-corrected chi connectivity index (χ4v) is 11.6. The first kappa shape index (κ1) is 46.5. The van der Waals surface area contributed by atoms with Crippen LogP contribution < -0.4 is 35.3 Å². The molecule has 370 valence electrons. The number of piperazine rings is 1. The number of methoxy groups -OCH3 is 1. The summed E-state index contributed by atoms with van der Waals surface area (Å²) in [6, 6.07) is 27.5. The van der Waals surface area contributed by atoms with Crippen molar-refractivity contribution in [2.75, 3.05) is 72.5 Å². The Hall–Kier alpha value is -7.86. The molecule has 4 fully saturated rings. The van der Waals surface area contributed by atoms with Gasteiger partial charge in [0.05, 0.1) is 47.5 Å². The predicted molar refractivity (Wildman–Crippen MR) is 277 cm³/mol. The molecule has 0 radical (unpaired) electrons. The Kier molecular flexibility index (Phi) is 12.3. The minimum Gasteiger partial charge on any atom is -0.467 e. The number of hydrogen-bond donors (Lipinski definition) is 1. The van der Waals surface area contributed by atoms with E-state index in [1.165, 1.54) is 16.4 Å². The molecular formula is C54H59N13O5. The SMILES string of the molecule is CCc1c(-c2ccc(-n3c(OC)nn(C)c3=O)cc2-c2ccc(N3CCN(C4CCN(c5cccc6c(C7CCC(=O)NC7=O)nn(C)c56)CC4)C[C@@H]3C)cc2)ccnc1N1CCN(c2cccnc2)C1=O. The van der Waals surface area contributed by atoms with Crippen LogP contribution in [0.25, 0.3) is 38.8 Å². The summed E-state index contributed by atoms with van der Waals surface area (Å²) in [6.45, 7) is 10.1. The molecular weight excluding hydrogens is 911 g/mol. The second kappa shape index (κ2) is 19.0. The van der Waals surface area contributed by atoms with Crippen molar-refractivity contribution in [2.24, 2.45) is 14.1 Å². The molecule has 7 aromatic rings. The number of amides is 4. The summed E-state index contributed by atoms with van der Waals surface area (Å²) >= 11 is 0. The Morgan fingerprint density at radius 2 is 1.54 bits per heavy atom. The summed E-state index contributed by atoms with van der Waals surface area (Å²) < 4.78 is 10.2. The molecule has 4 aromatic heterocycles. The molecule has 0 bridgehead atoms. The number of benzene rings is 3. The van der Waals surface area contributed by atoms with Crippen LogP contribution in [0, 0.1) is 0 Å². The van der Waals surface area contributed by atoms with E-state index in [0.29, 0.717) is 49.9 Å². The Morgan fingerprint density at radius 3 is 2.28 bits per heavy atom. The number of imide groups is 1. The molecule has 8 heterocycles. The van der Waals surface area contributed by atoms with Gasteiger partial charge in [0.1, 0.15) is 5.82 Å². The molecule has 4 aliphatic heterocycles. The fourth-order valence-electron chi connectivity index (χ4n) is 11.6. The van der Waals surface area contributed by atoms with Gasteiger partial charge in [-0.25, -0.2) is 23.8 Å². The minimum absolute atomic E-state index is 0.142. The van der Waals surface area contributed by atoms with Gasteiger partial charge in [0.15, 0.2) is 0 Å². The standard InChI is InChI=1S/C54H59N13O5/c1-6-40-42(20-24-56-50(40)66-30-29-65(54(66)71)39-9-8-23-55-32-39)41-17-16-38(67-52(72-5)59-61(4)53(67)70)31-45(41)35-12-14-37(15-13-35)64-28-27-63(33-34(64)2)36-21-25-62(26-22-36)46-11-7-10-43-48(58-60(3)49(43)46)44-18-19-47(68)57-51(44)69/h7-17,20,23-24,31-32,34,36,44H,6,18-19,21-22,25-30,33H2,1-5H3,(H,57,68,69)/t34-,44?/m0/s1. The molecule has 4 saturated heterocycles. The van der Waals surface area contributed by atoms with E-state index < -0.39 is 5.92 Å². The van der Waals surface area contributed by atoms with E-state index in [1.54, 1.807) is 35.4 Å². The average molecular weight is 970 g/mol. The van der Waals surface area contributed by atoms with Crippen molar-refractivity contribution in [2.45, 2.75) is 64.0 Å². The number of nitrogens with one attached hydrogen (secondary N) is 1. The van der Waals surface area contributed by atoms with Gasteiger partial charge >= 0.3 is 17.7 Å². The summed E-state index contributed by atoms with van der Waals surface area (Å²) in [5, 5.41) is 12.6. The molecule has 18 heteroatoms.